The zero-order valence-corrected chi connectivity index (χ0v) is 37.5. The van der Waals surface area contributed by atoms with Crippen LogP contribution in [0.15, 0.2) is 18.2 Å². The molecule has 0 bridgehead atoms. The van der Waals surface area contributed by atoms with E-state index in [1.54, 1.807) is 25.2 Å². The maximum atomic E-state index is 13.4. The van der Waals surface area contributed by atoms with Crippen molar-refractivity contribution in [3.63, 3.8) is 0 Å². The van der Waals surface area contributed by atoms with E-state index in [1.165, 1.54) is 4.90 Å². The van der Waals surface area contributed by atoms with Gasteiger partial charge in [0.2, 0.25) is 23.6 Å². The zero-order chi connectivity index (χ0) is 44.3. The van der Waals surface area contributed by atoms with Crippen molar-refractivity contribution in [2.75, 3.05) is 62.0 Å². The molecule has 0 aliphatic carbocycles. The van der Waals surface area contributed by atoms with Crippen molar-refractivity contribution in [1.82, 2.24) is 36.8 Å². The standard InChI is InChI=1S/C43H65N11O6S2/c1-3-21-60-22-20-54(2)41(59)28-23-29(48-37(57)16-8-10-18-46-35(55)14-6-4-12-33-39-31(26-61-33)50-42(44)52-39)25-30(24-28)49-38(58)17-9-11-19-47-36(56)15-7-5-13-34-40-32(27-62-34)51-43(45)53-40/h1,23-25,31-34,39-40H,4-22,26-27H2,2H3,(H,46,55)(H,47,56)(H,48,57)(H,49,58)(H3,44,50,52)(H3,45,51,53). The monoisotopic (exact) mass is 895 g/mol. The molecule has 1 aromatic carbocycles. The van der Waals surface area contributed by atoms with Crippen LogP contribution in [0, 0.1) is 23.2 Å². The average molecular weight is 896 g/mol. The van der Waals surface area contributed by atoms with Crippen LogP contribution in [0.5, 0.6) is 0 Å². The van der Waals surface area contributed by atoms with Crippen molar-refractivity contribution < 1.29 is 28.7 Å². The zero-order valence-electron chi connectivity index (χ0n) is 35.8. The Kier molecular flexibility index (Phi) is 19.8. The van der Waals surface area contributed by atoms with Gasteiger partial charge in [-0.05, 0) is 69.6 Å². The van der Waals surface area contributed by atoms with Crippen LogP contribution in [0.1, 0.15) is 100 Å². The van der Waals surface area contributed by atoms with Crippen LogP contribution in [0.3, 0.4) is 0 Å². The number of fused-ring (bicyclic) bond motifs is 2. The Bertz CT molecular complexity index is 1680. The molecule has 5 amide bonds. The molecule has 17 nitrogen and oxygen atoms in total. The van der Waals surface area contributed by atoms with Gasteiger partial charge >= 0.3 is 0 Å². The van der Waals surface area contributed by atoms with E-state index >= 15 is 0 Å². The topological polar surface area (TPSA) is 242 Å². The van der Waals surface area contributed by atoms with E-state index in [0.29, 0.717) is 110 Å². The number of thioether (sulfide) groups is 2. The highest BCUT2D eigenvalue weighted by Crippen LogP contribution is 2.34. The van der Waals surface area contributed by atoms with E-state index in [9.17, 15) is 24.0 Å². The summed E-state index contributed by atoms with van der Waals surface area (Å²) < 4.78 is 5.32. The molecule has 4 saturated heterocycles. The minimum absolute atomic E-state index is 0.00206. The summed E-state index contributed by atoms with van der Waals surface area (Å²) in [5.41, 5.74) is 1.02. The van der Waals surface area contributed by atoms with Crippen LogP contribution >= 0.6 is 23.5 Å². The molecule has 4 aliphatic heterocycles. The fraction of sp³-hybridized carbons (Fsp3) is 0.651. The Balaban J connectivity index is 0.975. The van der Waals surface area contributed by atoms with Crippen LogP contribution in [0.2, 0.25) is 0 Å². The lowest BCUT2D eigenvalue weighted by Crippen LogP contribution is -2.36. The second-order valence-electron chi connectivity index (χ2n) is 16.3. The molecule has 6 unspecified atom stereocenters. The van der Waals surface area contributed by atoms with E-state index in [1.807, 2.05) is 23.5 Å². The molecular weight excluding hydrogens is 831 g/mol. The van der Waals surface area contributed by atoms with Gasteiger partial charge < -0.3 is 52.2 Å². The number of anilines is 2. The predicted molar refractivity (Wildman–Crippen MR) is 247 cm³/mol. The highest BCUT2D eigenvalue weighted by atomic mass is 32.2. The minimum Gasteiger partial charge on any atom is -0.367 e. The molecule has 10 N–H and O–H groups in total. The van der Waals surface area contributed by atoms with E-state index < -0.39 is 0 Å². The SMILES string of the molecule is C#CCOCCN(C)C(=O)c1cc(NC(=O)CCCCNC(=O)CCCCC2SCC3NC(=N)NC32)cc(NC(=O)CCCCNC(=O)CCCCC2SCC3NC(=N)NC32)c1. The Morgan fingerprint density at radius 3 is 1.66 bits per heavy atom. The molecular formula is C43H65N11O6S2. The van der Waals surface area contributed by atoms with E-state index in [0.717, 1.165) is 50.0 Å². The van der Waals surface area contributed by atoms with E-state index in [4.69, 9.17) is 22.0 Å². The summed E-state index contributed by atoms with van der Waals surface area (Å²) in [6.45, 7) is 1.62. The van der Waals surface area contributed by atoms with Crippen LogP contribution < -0.4 is 42.5 Å². The van der Waals surface area contributed by atoms with Crippen LogP contribution in [-0.4, -0.2) is 132 Å². The third kappa shape index (κ3) is 15.9. The number of terminal acetylenes is 1. The lowest BCUT2D eigenvalue weighted by molar-refractivity contribution is -0.122. The van der Waals surface area contributed by atoms with Crippen LogP contribution in [0.4, 0.5) is 11.4 Å². The number of hydrogen-bond donors (Lipinski definition) is 10. The molecule has 0 aromatic heterocycles. The van der Waals surface area contributed by atoms with Gasteiger partial charge in [-0.2, -0.15) is 23.5 Å². The van der Waals surface area contributed by atoms with Crippen molar-refractivity contribution in [3.8, 4) is 12.3 Å². The number of ether oxygens (including phenoxy) is 1. The van der Waals surface area contributed by atoms with Crippen molar-refractivity contribution in [2.45, 2.75) is 125 Å². The third-order valence-electron chi connectivity index (χ3n) is 11.4. The molecule has 62 heavy (non-hydrogen) atoms. The van der Waals surface area contributed by atoms with Gasteiger partial charge in [0.25, 0.3) is 5.91 Å². The molecule has 0 radical (unpaired) electrons. The van der Waals surface area contributed by atoms with Gasteiger partial charge in [-0.3, -0.25) is 34.8 Å². The highest BCUT2D eigenvalue weighted by Gasteiger charge is 2.42. The maximum Gasteiger partial charge on any atom is 0.253 e. The Morgan fingerprint density at radius 1 is 0.710 bits per heavy atom. The van der Waals surface area contributed by atoms with E-state index in [2.05, 4.69) is 48.5 Å². The number of likely N-dealkylation sites (N-methyl/N-ethyl adjacent to an activating group) is 1. The third-order valence-corrected chi connectivity index (χ3v) is 14.4. The number of nitrogens with zero attached hydrogens (tertiary/aromatic N) is 1. The first-order chi connectivity index (χ1) is 30.0. The van der Waals surface area contributed by atoms with Crippen LogP contribution in [0.25, 0.3) is 0 Å². The molecule has 19 heteroatoms. The second kappa shape index (κ2) is 25.4. The van der Waals surface area contributed by atoms with Gasteiger partial charge in [0.1, 0.15) is 6.61 Å². The lowest BCUT2D eigenvalue weighted by Gasteiger charge is -2.18. The normalized spacial score (nSPS) is 21.9. The van der Waals surface area contributed by atoms with Gasteiger partial charge in [0, 0.05) is 91.3 Å². The molecule has 1 aromatic rings. The molecule has 4 aliphatic rings. The Hall–Kier alpha value is -4.67. The van der Waals surface area contributed by atoms with Crippen molar-refractivity contribution >= 4 is 76.4 Å². The Labute approximate surface area is 374 Å². The van der Waals surface area contributed by atoms with Crippen molar-refractivity contribution in [3.05, 3.63) is 23.8 Å². The van der Waals surface area contributed by atoms with Gasteiger partial charge in [-0.15, -0.1) is 6.42 Å². The summed E-state index contributed by atoms with van der Waals surface area (Å²) in [7, 11) is 1.63. The smallest absolute Gasteiger partial charge is 0.253 e. The summed E-state index contributed by atoms with van der Waals surface area (Å²) >= 11 is 3.85. The fourth-order valence-corrected chi connectivity index (χ4v) is 11.2. The number of carbonyl (C=O) groups is 5. The van der Waals surface area contributed by atoms with Crippen molar-refractivity contribution in [1.29, 1.82) is 10.8 Å². The van der Waals surface area contributed by atoms with Gasteiger partial charge in [0.05, 0.1) is 30.8 Å². The summed E-state index contributed by atoms with van der Waals surface area (Å²) in [4.78, 5) is 65.6. The predicted octanol–water partition coefficient (Wildman–Crippen LogP) is 2.94. The number of rotatable bonds is 27. The number of amides is 5. The first-order valence-corrected chi connectivity index (χ1v) is 24.1. The minimum atomic E-state index is -0.321. The van der Waals surface area contributed by atoms with Gasteiger partial charge in [0.15, 0.2) is 11.9 Å². The summed E-state index contributed by atoms with van der Waals surface area (Å²) in [6.07, 6.45) is 14.5. The molecule has 4 fully saturated rings. The van der Waals surface area contributed by atoms with E-state index in [-0.39, 0.29) is 67.7 Å². The number of unbranched alkanes of at least 4 members (excludes halogenated alkanes) is 4. The lowest BCUT2D eigenvalue weighted by atomic mass is 10.0. The van der Waals surface area contributed by atoms with Crippen LogP contribution in [-0.2, 0) is 23.9 Å². The van der Waals surface area contributed by atoms with Crippen molar-refractivity contribution in [2.24, 2.45) is 0 Å². The number of benzene rings is 1. The average Bonchev–Trinajstić information content (AvgIpc) is 4.00. The molecule has 6 atom stereocenters. The number of guanidine groups is 2. The highest BCUT2D eigenvalue weighted by molar-refractivity contribution is 8.00. The maximum absolute atomic E-state index is 13.4. The second-order valence-corrected chi connectivity index (χ2v) is 18.9. The Morgan fingerprint density at radius 2 is 1.18 bits per heavy atom. The largest absolute Gasteiger partial charge is 0.367 e. The molecule has 5 rings (SSSR count). The summed E-state index contributed by atoms with van der Waals surface area (Å²) in [5.74, 6) is 4.38. The molecule has 0 saturated carbocycles. The molecule has 340 valence electrons. The first kappa shape index (κ1) is 48.4. The summed E-state index contributed by atoms with van der Waals surface area (Å²) in [5, 5.41) is 40.9. The number of carbonyl (C=O) groups excluding carboxylic acids is 5. The van der Waals surface area contributed by atoms with Gasteiger partial charge in [-0.25, -0.2) is 0 Å². The summed E-state index contributed by atoms with van der Waals surface area (Å²) in [6, 6.07) is 6.01. The molecule has 4 heterocycles. The number of hydrogen-bond acceptors (Lipinski definition) is 10. The fourth-order valence-electron chi connectivity index (χ4n) is 8.06. The number of nitrogens with one attached hydrogen (secondary N) is 10. The van der Waals surface area contributed by atoms with Gasteiger partial charge in [-0.1, -0.05) is 18.8 Å². The first-order valence-electron chi connectivity index (χ1n) is 22.0. The molecule has 0 spiro atoms. The quantitative estimate of drug-likeness (QED) is 0.0453.